The molecule has 0 aliphatic rings. The third kappa shape index (κ3) is 6.78. The number of para-hydroxylation sites is 2. The van der Waals surface area contributed by atoms with Crippen LogP contribution in [0, 0.1) is 0 Å². The lowest BCUT2D eigenvalue weighted by Gasteiger charge is -2.37. The first-order chi connectivity index (χ1) is 39.2. The van der Waals surface area contributed by atoms with Crippen LogP contribution in [0.3, 0.4) is 0 Å². The average molecular weight is 1000 g/mol. The summed E-state index contributed by atoms with van der Waals surface area (Å²) in [6.07, 6.45) is 0. The van der Waals surface area contributed by atoms with Crippen molar-refractivity contribution in [1.82, 2.24) is 0 Å². The highest BCUT2D eigenvalue weighted by Gasteiger charge is 2.39. The maximum Gasteiger partial charge on any atom is 0.0701 e. The zero-order valence-corrected chi connectivity index (χ0v) is 43.3. The smallest absolute Gasteiger partial charge is 0.0701 e. The fourth-order valence-electron chi connectivity index (χ4n) is 13.8. The fraction of sp³-hybridized carbons (Fsp3) is 0.0130. The molecule has 368 valence electrons. The summed E-state index contributed by atoms with van der Waals surface area (Å²) >= 11 is 0. The van der Waals surface area contributed by atoms with Gasteiger partial charge in [-0.05, 0) is 158 Å². The van der Waals surface area contributed by atoms with Gasteiger partial charge >= 0.3 is 0 Å². The fourth-order valence-corrected chi connectivity index (χ4v) is 13.8. The summed E-state index contributed by atoms with van der Waals surface area (Å²) in [4.78, 5) is 4.88. The number of rotatable bonds is 10. The Balaban J connectivity index is 0.871. The van der Waals surface area contributed by atoms with Crippen LogP contribution in [-0.2, 0) is 5.41 Å². The zero-order chi connectivity index (χ0) is 52.0. The van der Waals surface area contributed by atoms with Crippen molar-refractivity contribution in [2.24, 2.45) is 0 Å². The van der Waals surface area contributed by atoms with E-state index in [1.54, 1.807) is 0 Å². The number of anilines is 6. The second-order valence-electron chi connectivity index (χ2n) is 21.1. The third-order valence-electron chi connectivity index (χ3n) is 17.0. The van der Waals surface area contributed by atoms with Crippen LogP contribution in [0.1, 0.15) is 22.3 Å². The Morgan fingerprint density at radius 2 is 0.443 bits per heavy atom. The first-order valence-electron chi connectivity index (χ1n) is 27.4. The molecule has 79 heavy (non-hydrogen) atoms. The van der Waals surface area contributed by atoms with E-state index in [9.17, 15) is 0 Å². The van der Waals surface area contributed by atoms with Crippen LogP contribution < -0.4 is 9.80 Å². The van der Waals surface area contributed by atoms with Crippen LogP contribution in [-0.4, -0.2) is 0 Å². The van der Waals surface area contributed by atoms with Crippen molar-refractivity contribution in [3.63, 3.8) is 0 Å². The largest absolute Gasteiger partial charge is 0.310 e. The van der Waals surface area contributed by atoms with Gasteiger partial charge in [-0.1, -0.05) is 243 Å². The first-order valence-corrected chi connectivity index (χ1v) is 27.4. The van der Waals surface area contributed by atoms with E-state index in [-0.39, 0.29) is 0 Å². The lowest BCUT2D eigenvalue weighted by Crippen LogP contribution is -2.31. The molecule has 16 aromatic carbocycles. The van der Waals surface area contributed by atoms with Crippen LogP contribution >= 0.6 is 0 Å². The average Bonchev–Trinajstić information content (AvgIpc) is 3.59. The monoisotopic (exact) mass is 1000 g/mol. The van der Waals surface area contributed by atoms with Gasteiger partial charge in [-0.2, -0.15) is 0 Å². The van der Waals surface area contributed by atoms with Crippen molar-refractivity contribution in [3.05, 3.63) is 326 Å². The molecule has 2 nitrogen and oxygen atoms in total. The van der Waals surface area contributed by atoms with Crippen molar-refractivity contribution in [2.45, 2.75) is 5.41 Å². The number of nitrogens with zero attached hydrogens (tertiary/aromatic N) is 2. The molecule has 0 atom stereocenters. The minimum atomic E-state index is -0.682. The molecule has 0 radical (unpaired) electrons. The van der Waals surface area contributed by atoms with Crippen LogP contribution in [0.5, 0.6) is 0 Å². The van der Waals surface area contributed by atoms with Gasteiger partial charge in [0.25, 0.3) is 0 Å². The predicted molar refractivity (Wildman–Crippen MR) is 337 cm³/mol. The summed E-state index contributed by atoms with van der Waals surface area (Å²) in [5.41, 5.74) is 10.7. The van der Waals surface area contributed by atoms with Gasteiger partial charge in [0.2, 0.25) is 0 Å². The highest BCUT2D eigenvalue weighted by Crippen LogP contribution is 2.51. The van der Waals surface area contributed by atoms with Gasteiger partial charge in [-0.3, -0.25) is 0 Å². The Bertz CT molecular complexity index is 4500. The van der Waals surface area contributed by atoms with E-state index in [0.29, 0.717) is 0 Å². The van der Waals surface area contributed by atoms with Gasteiger partial charge in [0.1, 0.15) is 0 Å². The number of hydrogen-bond donors (Lipinski definition) is 0. The Kier molecular flexibility index (Phi) is 10.2. The molecule has 0 bridgehead atoms. The van der Waals surface area contributed by atoms with Crippen LogP contribution in [0.25, 0.3) is 86.2 Å². The molecule has 0 heterocycles. The highest BCUT2D eigenvalue weighted by molar-refractivity contribution is 6.35. The summed E-state index contributed by atoms with van der Waals surface area (Å²) in [6, 6.07) is 113. The Hall–Kier alpha value is -10.3. The van der Waals surface area contributed by atoms with E-state index in [4.69, 9.17) is 0 Å². The molecule has 0 fully saturated rings. The minimum Gasteiger partial charge on any atom is -0.310 e. The van der Waals surface area contributed by atoms with E-state index in [2.05, 4.69) is 313 Å². The molecule has 0 spiro atoms. The second kappa shape index (κ2) is 17.9. The maximum absolute atomic E-state index is 2.44. The van der Waals surface area contributed by atoms with Gasteiger partial charge in [-0.15, -0.1) is 0 Å². The van der Waals surface area contributed by atoms with Crippen molar-refractivity contribution in [3.8, 4) is 0 Å². The van der Waals surface area contributed by atoms with Gasteiger partial charge < -0.3 is 9.80 Å². The first kappa shape index (κ1) is 45.0. The van der Waals surface area contributed by atoms with Gasteiger partial charge in [0.05, 0.1) is 16.8 Å². The molecular weight excluding hydrogens is 953 g/mol. The van der Waals surface area contributed by atoms with Crippen molar-refractivity contribution >= 4 is 120 Å². The van der Waals surface area contributed by atoms with Crippen molar-refractivity contribution in [2.75, 3.05) is 9.80 Å². The molecule has 0 unspecified atom stereocenters. The van der Waals surface area contributed by atoms with E-state index in [0.717, 1.165) is 34.1 Å². The normalized spacial score (nSPS) is 12.1. The van der Waals surface area contributed by atoms with Crippen molar-refractivity contribution in [1.29, 1.82) is 0 Å². The topological polar surface area (TPSA) is 6.48 Å². The third-order valence-corrected chi connectivity index (χ3v) is 17.0. The van der Waals surface area contributed by atoms with Gasteiger partial charge in [0.15, 0.2) is 0 Å². The molecule has 16 rings (SSSR count). The van der Waals surface area contributed by atoms with Crippen LogP contribution in [0.4, 0.5) is 34.1 Å². The number of hydrogen-bond acceptors (Lipinski definition) is 2. The molecule has 0 amide bonds. The molecule has 0 N–H and O–H groups in total. The highest BCUT2D eigenvalue weighted by atomic mass is 15.1. The Morgan fingerprint density at radius 1 is 0.177 bits per heavy atom. The Morgan fingerprint density at radius 3 is 0.797 bits per heavy atom. The second-order valence-corrected chi connectivity index (χ2v) is 21.1. The van der Waals surface area contributed by atoms with Gasteiger partial charge in [0, 0.05) is 33.5 Å². The minimum absolute atomic E-state index is 0.682. The summed E-state index contributed by atoms with van der Waals surface area (Å²) in [5, 5.41) is 20.5. The zero-order valence-electron chi connectivity index (χ0n) is 43.3. The molecule has 0 aromatic heterocycles. The molecule has 0 aliphatic heterocycles. The number of benzene rings is 16. The van der Waals surface area contributed by atoms with Crippen LogP contribution in [0.2, 0.25) is 0 Å². The summed E-state index contributed by atoms with van der Waals surface area (Å²) < 4.78 is 0. The van der Waals surface area contributed by atoms with E-state index in [1.807, 2.05) is 0 Å². The SMILES string of the molecule is c1ccc(N(c2ccc(C(c3ccccc3)(c3ccccc3)c3ccc(N(c4ccccc4)c4ccc5c6cccc7cccc(c8cccc4c85)c76)cc3)cc2)c2ccc3c4cccc5cccc(c6cccc2c63)c54)cc1. The summed E-state index contributed by atoms with van der Waals surface area (Å²) in [5.74, 6) is 0. The molecule has 0 saturated heterocycles. The van der Waals surface area contributed by atoms with E-state index in [1.165, 1.54) is 108 Å². The van der Waals surface area contributed by atoms with Crippen LogP contribution in [0.15, 0.2) is 303 Å². The van der Waals surface area contributed by atoms with E-state index >= 15 is 0 Å². The van der Waals surface area contributed by atoms with Crippen molar-refractivity contribution < 1.29 is 0 Å². The molecule has 2 heteroatoms. The lowest BCUT2D eigenvalue weighted by molar-refractivity contribution is 0.745. The summed E-state index contributed by atoms with van der Waals surface area (Å²) in [7, 11) is 0. The predicted octanol–water partition coefficient (Wildman–Crippen LogP) is 21.1. The number of fused-ring (bicyclic) bond motifs is 4. The Labute approximate surface area is 458 Å². The maximum atomic E-state index is 2.44. The van der Waals surface area contributed by atoms with Gasteiger partial charge in [-0.25, -0.2) is 0 Å². The molecule has 0 aliphatic carbocycles. The standard InChI is InChI=1S/C77H50N2/c1-5-23-53(24-6-1)77(54-25-7-2-8-26-54,55-39-43-59(44-40-55)78(57-27-9-3-10-28-57)71-49-47-67-63-33-15-21-51-19-13-31-61(73(51)63)65-35-17-37-69(71)75(65)67)56-41-45-60(46-42-56)79(58-29-11-4-12-30-58)72-50-48-68-64-34-16-22-52-20-14-32-62(74(52)64)66-36-18-38-70(72)76(66)68/h1-50H. The molecule has 0 saturated carbocycles. The lowest BCUT2D eigenvalue weighted by atomic mass is 9.65. The summed E-state index contributed by atoms with van der Waals surface area (Å²) in [6.45, 7) is 0. The quantitative estimate of drug-likeness (QED) is 0.0765. The molecule has 16 aromatic rings. The molecular formula is C77H50N2. The van der Waals surface area contributed by atoms with E-state index < -0.39 is 5.41 Å².